The lowest BCUT2D eigenvalue weighted by atomic mass is 9.91. The third-order valence-corrected chi connectivity index (χ3v) is 5.42. The average molecular weight is 394 g/mol. The highest BCUT2D eigenvalue weighted by Crippen LogP contribution is 2.31. The number of tetrazole rings is 1. The molecule has 0 spiro atoms. The topological polar surface area (TPSA) is 97.1 Å². The number of ether oxygens (including phenoxy) is 1. The largest absolute Gasteiger partial charge is 0.496 e. The lowest BCUT2D eigenvalue weighted by molar-refractivity contribution is 0.203. The second-order valence-electron chi connectivity index (χ2n) is 7.17. The molecule has 2 heterocycles. The third-order valence-electron chi connectivity index (χ3n) is 5.42. The van der Waals surface area contributed by atoms with E-state index < -0.39 is 0 Å². The molecule has 1 aliphatic heterocycles. The number of benzene rings is 2. The third kappa shape index (κ3) is 4.29. The molecule has 8 heteroatoms. The van der Waals surface area contributed by atoms with Crippen LogP contribution in [0.15, 0.2) is 54.9 Å². The van der Waals surface area contributed by atoms with Crippen LogP contribution in [-0.4, -0.2) is 51.6 Å². The standard InChI is InChI=1S/C21H26N6O2/c1-29-20-10-9-16(27-14-23-25-26-27)12-17(20)19(13-28)24-18-8-5-11-22-21(18)15-6-3-2-4-7-15/h2-4,6-7,9-10,12,14,18-19,21-22,24,28H,5,8,11,13H2,1H3. The fraction of sp³-hybridized carbons (Fsp3) is 0.381. The Morgan fingerprint density at radius 1 is 1.28 bits per heavy atom. The maximum absolute atomic E-state index is 10.2. The van der Waals surface area contributed by atoms with Crippen LogP contribution in [0.5, 0.6) is 5.75 Å². The summed E-state index contributed by atoms with van der Waals surface area (Å²) in [5.41, 5.74) is 2.93. The molecule has 3 aromatic rings. The van der Waals surface area contributed by atoms with Gasteiger partial charge in [0, 0.05) is 17.6 Å². The molecule has 2 aromatic carbocycles. The van der Waals surface area contributed by atoms with Crippen LogP contribution in [0.2, 0.25) is 0 Å². The molecule has 4 rings (SSSR count). The lowest BCUT2D eigenvalue weighted by Gasteiger charge is -2.36. The highest BCUT2D eigenvalue weighted by atomic mass is 16.5. The molecule has 0 radical (unpaired) electrons. The number of hydrogen-bond acceptors (Lipinski definition) is 7. The van der Waals surface area contributed by atoms with Crippen molar-refractivity contribution in [3.8, 4) is 11.4 Å². The summed E-state index contributed by atoms with van der Waals surface area (Å²) in [6, 6.07) is 16.3. The summed E-state index contributed by atoms with van der Waals surface area (Å²) in [4.78, 5) is 0. The predicted octanol–water partition coefficient (Wildman–Crippen LogP) is 1.79. The van der Waals surface area contributed by atoms with E-state index in [2.05, 4.69) is 50.4 Å². The van der Waals surface area contributed by atoms with Crippen LogP contribution >= 0.6 is 0 Å². The SMILES string of the molecule is COc1ccc(-n2cnnn2)cc1C(CO)NC1CCCNC1c1ccccc1. The number of aliphatic hydroxyl groups excluding tert-OH is 1. The first-order valence-corrected chi connectivity index (χ1v) is 9.86. The molecule has 3 N–H and O–H groups in total. The van der Waals surface area contributed by atoms with Crippen LogP contribution in [0.25, 0.3) is 5.69 Å². The van der Waals surface area contributed by atoms with Gasteiger partial charge in [-0.1, -0.05) is 30.3 Å². The fourth-order valence-electron chi connectivity index (χ4n) is 3.99. The van der Waals surface area contributed by atoms with Gasteiger partial charge < -0.3 is 20.5 Å². The van der Waals surface area contributed by atoms with Gasteiger partial charge in [0.2, 0.25) is 0 Å². The zero-order valence-electron chi connectivity index (χ0n) is 16.4. The lowest BCUT2D eigenvalue weighted by Crippen LogP contribution is -2.47. The van der Waals surface area contributed by atoms with Gasteiger partial charge in [-0.2, -0.15) is 0 Å². The van der Waals surface area contributed by atoms with Gasteiger partial charge in [0.1, 0.15) is 12.1 Å². The first-order valence-electron chi connectivity index (χ1n) is 9.86. The number of aliphatic hydroxyl groups is 1. The van der Waals surface area contributed by atoms with Crippen LogP contribution in [-0.2, 0) is 0 Å². The molecule has 8 nitrogen and oxygen atoms in total. The summed E-state index contributed by atoms with van der Waals surface area (Å²) < 4.78 is 7.16. The Labute approximate surface area is 169 Å². The Balaban J connectivity index is 1.62. The molecule has 0 amide bonds. The minimum Gasteiger partial charge on any atom is -0.496 e. The summed E-state index contributed by atoms with van der Waals surface area (Å²) in [7, 11) is 1.64. The molecular formula is C21H26N6O2. The van der Waals surface area contributed by atoms with E-state index in [1.165, 1.54) is 5.56 Å². The monoisotopic (exact) mass is 394 g/mol. The Kier molecular flexibility index (Phi) is 6.14. The summed E-state index contributed by atoms with van der Waals surface area (Å²) >= 11 is 0. The van der Waals surface area contributed by atoms with E-state index in [1.807, 2.05) is 24.3 Å². The fourth-order valence-corrected chi connectivity index (χ4v) is 3.99. The molecule has 0 aliphatic carbocycles. The smallest absolute Gasteiger partial charge is 0.143 e. The second kappa shape index (κ2) is 9.13. The van der Waals surface area contributed by atoms with Crippen LogP contribution in [0.3, 0.4) is 0 Å². The molecule has 1 aliphatic rings. The van der Waals surface area contributed by atoms with Crippen LogP contribution in [0, 0.1) is 0 Å². The number of nitrogens with zero attached hydrogens (tertiary/aromatic N) is 4. The molecule has 1 aromatic heterocycles. The molecule has 0 saturated carbocycles. The van der Waals surface area contributed by atoms with Crippen LogP contribution < -0.4 is 15.4 Å². The number of piperidine rings is 1. The van der Waals surface area contributed by atoms with Gasteiger partial charge in [0.25, 0.3) is 0 Å². The molecule has 3 unspecified atom stereocenters. The van der Waals surface area contributed by atoms with Gasteiger partial charge >= 0.3 is 0 Å². The average Bonchev–Trinajstić information content (AvgIpc) is 3.33. The quantitative estimate of drug-likeness (QED) is 0.562. The maximum atomic E-state index is 10.2. The summed E-state index contributed by atoms with van der Waals surface area (Å²) in [6.07, 6.45) is 3.66. The molecule has 0 bridgehead atoms. The Bertz CT molecular complexity index is 903. The van der Waals surface area contributed by atoms with E-state index in [0.29, 0.717) is 5.75 Å². The Morgan fingerprint density at radius 3 is 2.86 bits per heavy atom. The Morgan fingerprint density at radius 2 is 2.14 bits per heavy atom. The van der Waals surface area contributed by atoms with Gasteiger partial charge in [0.15, 0.2) is 0 Å². The predicted molar refractivity (Wildman–Crippen MR) is 109 cm³/mol. The maximum Gasteiger partial charge on any atom is 0.143 e. The van der Waals surface area contributed by atoms with E-state index >= 15 is 0 Å². The zero-order chi connectivity index (χ0) is 20.1. The zero-order valence-corrected chi connectivity index (χ0v) is 16.4. The normalized spacial score (nSPS) is 20.3. The Hall–Kier alpha value is -2.81. The van der Waals surface area contributed by atoms with E-state index in [0.717, 1.165) is 30.6 Å². The van der Waals surface area contributed by atoms with Crippen LogP contribution in [0.1, 0.15) is 36.1 Å². The van der Waals surface area contributed by atoms with Crippen molar-refractivity contribution in [1.29, 1.82) is 0 Å². The van der Waals surface area contributed by atoms with Crippen molar-refractivity contribution in [2.24, 2.45) is 0 Å². The molecule has 29 heavy (non-hydrogen) atoms. The van der Waals surface area contributed by atoms with Gasteiger partial charge in [-0.15, -0.1) is 5.10 Å². The van der Waals surface area contributed by atoms with Gasteiger partial charge in [-0.25, -0.2) is 4.68 Å². The van der Waals surface area contributed by atoms with Crippen molar-refractivity contribution in [2.45, 2.75) is 31.0 Å². The molecule has 1 saturated heterocycles. The van der Waals surface area contributed by atoms with E-state index in [1.54, 1.807) is 18.1 Å². The van der Waals surface area contributed by atoms with Crippen LogP contribution in [0.4, 0.5) is 0 Å². The molecule has 3 atom stereocenters. The van der Waals surface area contributed by atoms with Crippen molar-refractivity contribution in [2.75, 3.05) is 20.3 Å². The van der Waals surface area contributed by atoms with Gasteiger partial charge in [-0.05, 0) is 53.6 Å². The van der Waals surface area contributed by atoms with Crippen molar-refractivity contribution < 1.29 is 9.84 Å². The number of rotatable bonds is 7. The summed E-state index contributed by atoms with van der Waals surface area (Å²) in [5, 5.41) is 28.9. The van der Waals surface area contributed by atoms with E-state index in [4.69, 9.17) is 4.74 Å². The first kappa shape index (κ1) is 19.5. The summed E-state index contributed by atoms with van der Waals surface area (Å²) in [5.74, 6) is 0.716. The molecular weight excluding hydrogens is 368 g/mol. The molecule has 1 fully saturated rings. The summed E-state index contributed by atoms with van der Waals surface area (Å²) in [6.45, 7) is 0.938. The van der Waals surface area contributed by atoms with Crippen molar-refractivity contribution in [3.05, 3.63) is 66.0 Å². The minimum atomic E-state index is -0.280. The minimum absolute atomic E-state index is 0.0482. The van der Waals surface area contributed by atoms with Crippen molar-refractivity contribution >= 4 is 0 Å². The number of methoxy groups -OCH3 is 1. The first-order chi connectivity index (χ1) is 14.3. The number of aromatic nitrogens is 4. The van der Waals surface area contributed by atoms with Crippen molar-refractivity contribution in [1.82, 2.24) is 30.8 Å². The number of hydrogen-bond donors (Lipinski definition) is 3. The highest BCUT2D eigenvalue weighted by Gasteiger charge is 2.29. The number of nitrogens with one attached hydrogen (secondary N) is 2. The van der Waals surface area contributed by atoms with Gasteiger partial charge in [0.05, 0.1) is 25.4 Å². The van der Waals surface area contributed by atoms with Gasteiger partial charge in [-0.3, -0.25) is 0 Å². The molecule has 152 valence electrons. The highest BCUT2D eigenvalue weighted by molar-refractivity contribution is 5.45. The van der Waals surface area contributed by atoms with E-state index in [-0.39, 0.29) is 24.7 Å². The van der Waals surface area contributed by atoms with E-state index in [9.17, 15) is 5.11 Å². The van der Waals surface area contributed by atoms with Crippen molar-refractivity contribution in [3.63, 3.8) is 0 Å². The second-order valence-corrected chi connectivity index (χ2v) is 7.17.